The Morgan fingerprint density at radius 2 is 2.00 bits per heavy atom. The van der Waals surface area contributed by atoms with Crippen molar-refractivity contribution in [2.24, 2.45) is 7.05 Å². The SMILES string of the molecule is Cn1cc(-c2ccncc2/C=C/C(=O)Nc2ccccc2)cn1. The van der Waals surface area contributed by atoms with Crippen LogP contribution < -0.4 is 5.32 Å². The molecule has 5 heteroatoms. The van der Waals surface area contributed by atoms with Gasteiger partial charge in [0.15, 0.2) is 0 Å². The van der Waals surface area contributed by atoms with Gasteiger partial charge in [-0.1, -0.05) is 18.2 Å². The molecule has 2 heterocycles. The van der Waals surface area contributed by atoms with Crippen molar-refractivity contribution in [3.8, 4) is 11.1 Å². The molecule has 0 fully saturated rings. The van der Waals surface area contributed by atoms with E-state index in [0.717, 1.165) is 22.4 Å². The molecule has 0 aliphatic carbocycles. The zero-order chi connectivity index (χ0) is 16.1. The van der Waals surface area contributed by atoms with E-state index in [1.807, 2.05) is 49.6 Å². The molecular formula is C18H16N4O. The second-order valence-electron chi connectivity index (χ2n) is 5.05. The number of pyridine rings is 1. The van der Waals surface area contributed by atoms with E-state index in [-0.39, 0.29) is 5.91 Å². The smallest absolute Gasteiger partial charge is 0.248 e. The standard InChI is InChI=1S/C18H16N4O/c1-22-13-15(12-20-22)17-9-10-19-11-14(17)7-8-18(23)21-16-5-3-2-4-6-16/h2-13H,1H3,(H,21,23)/b8-7+. The number of aromatic nitrogens is 3. The molecule has 0 aliphatic rings. The fraction of sp³-hybridized carbons (Fsp3) is 0.0556. The van der Waals surface area contributed by atoms with Crippen molar-refractivity contribution in [1.29, 1.82) is 0 Å². The van der Waals surface area contributed by atoms with Gasteiger partial charge in [0.25, 0.3) is 0 Å². The highest BCUT2D eigenvalue weighted by molar-refractivity contribution is 6.02. The summed E-state index contributed by atoms with van der Waals surface area (Å²) in [5.41, 5.74) is 3.60. The summed E-state index contributed by atoms with van der Waals surface area (Å²) >= 11 is 0. The summed E-state index contributed by atoms with van der Waals surface area (Å²) in [6.45, 7) is 0. The Bertz CT molecular complexity index is 837. The van der Waals surface area contributed by atoms with Gasteiger partial charge in [0.1, 0.15) is 0 Å². The molecule has 0 aliphatic heterocycles. The first-order chi connectivity index (χ1) is 11.2. The van der Waals surface area contributed by atoms with Crippen molar-refractivity contribution >= 4 is 17.7 Å². The van der Waals surface area contributed by atoms with E-state index >= 15 is 0 Å². The van der Waals surface area contributed by atoms with Crippen LogP contribution in [0.1, 0.15) is 5.56 Å². The third-order valence-electron chi connectivity index (χ3n) is 3.32. The second-order valence-corrected chi connectivity index (χ2v) is 5.05. The summed E-state index contributed by atoms with van der Waals surface area (Å²) in [4.78, 5) is 16.1. The Hall–Kier alpha value is -3.21. The molecule has 1 aromatic carbocycles. The van der Waals surface area contributed by atoms with Crippen LogP contribution >= 0.6 is 0 Å². The molecule has 1 amide bonds. The third-order valence-corrected chi connectivity index (χ3v) is 3.32. The zero-order valence-corrected chi connectivity index (χ0v) is 12.7. The summed E-state index contributed by atoms with van der Waals surface area (Å²) < 4.78 is 1.74. The van der Waals surface area contributed by atoms with Crippen molar-refractivity contribution in [3.05, 3.63) is 72.8 Å². The van der Waals surface area contributed by atoms with Crippen molar-refractivity contribution in [3.63, 3.8) is 0 Å². The van der Waals surface area contributed by atoms with Crippen LogP contribution in [0, 0.1) is 0 Å². The van der Waals surface area contributed by atoms with E-state index < -0.39 is 0 Å². The number of para-hydroxylation sites is 1. The second kappa shape index (κ2) is 6.70. The summed E-state index contributed by atoms with van der Waals surface area (Å²) in [6, 6.07) is 11.3. The first-order valence-electron chi connectivity index (χ1n) is 7.19. The average molecular weight is 304 g/mol. The van der Waals surface area contributed by atoms with Crippen LogP contribution in [0.2, 0.25) is 0 Å². The van der Waals surface area contributed by atoms with Gasteiger partial charge in [0, 0.05) is 48.5 Å². The van der Waals surface area contributed by atoms with Crippen LogP contribution in [0.15, 0.2) is 67.3 Å². The molecule has 2 aromatic heterocycles. The molecule has 23 heavy (non-hydrogen) atoms. The molecule has 0 unspecified atom stereocenters. The fourth-order valence-electron chi connectivity index (χ4n) is 2.23. The van der Waals surface area contributed by atoms with E-state index in [1.54, 1.807) is 29.3 Å². The summed E-state index contributed by atoms with van der Waals surface area (Å²) in [6.07, 6.45) is 10.4. The highest BCUT2D eigenvalue weighted by Gasteiger charge is 2.05. The van der Waals surface area contributed by atoms with Crippen LogP contribution in [-0.4, -0.2) is 20.7 Å². The van der Waals surface area contributed by atoms with Gasteiger partial charge < -0.3 is 5.32 Å². The molecule has 0 spiro atoms. The number of benzene rings is 1. The van der Waals surface area contributed by atoms with E-state index in [2.05, 4.69) is 15.4 Å². The monoisotopic (exact) mass is 304 g/mol. The Kier molecular flexibility index (Phi) is 4.29. The van der Waals surface area contributed by atoms with Crippen LogP contribution in [0.25, 0.3) is 17.2 Å². The van der Waals surface area contributed by atoms with E-state index in [0.29, 0.717) is 0 Å². The quantitative estimate of drug-likeness (QED) is 0.753. The van der Waals surface area contributed by atoms with Gasteiger partial charge in [-0.25, -0.2) is 0 Å². The summed E-state index contributed by atoms with van der Waals surface area (Å²) in [5, 5.41) is 6.99. The van der Waals surface area contributed by atoms with Gasteiger partial charge in [-0.15, -0.1) is 0 Å². The lowest BCUT2D eigenvalue weighted by Gasteiger charge is -2.03. The molecule has 114 valence electrons. The van der Waals surface area contributed by atoms with E-state index in [4.69, 9.17) is 0 Å². The number of carbonyl (C=O) groups is 1. The van der Waals surface area contributed by atoms with Crippen molar-refractivity contribution in [2.75, 3.05) is 5.32 Å². The Labute approximate surface area is 134 Å². The number of rotatable bonds is 4. The number of aryl methyl sites for hydroxylation is 1. The van der Waals surface area contributed by atoms with E-state index in [9.17, 15) is 4.79 Å². The third kappa shape index (κ3) is 3.71. The normalized spacial score (nSPS) is 10.8. The molecule has 0 saturated heterocycles. The predicted octanol–water partition coefficient (Wildman–Crippen LogP) is 3.13. The molecule has 0 atom stereocenters. The highest BCUT2D eigenvalue weighted by atomic mass is 16.1. The number of anilines is 1. The number of nitrogens with zero attached hydrogens (tertiary/aromatic N) is 3. The molecule has 0 bridgehead atoms. The van der Waals surface area contributed by atoms with Crippen LogP contribution in [0.4, 0.5) is 5.69 Å². The topological polar surface area (TPSA) is 59.8 Å². The van der Waals surface area contributed by atoms with Gasteiger partial charge in [0.05, 0.1) is 6.20 Å². The van der Waals surface area contributed by atoms with Gasteiger partial charge in [-0.3, -0.25) is 14.5 Å². The maximum atomic E-state index is 12.0. The van der Waals surface area contributed by atoms with Gasteiger partial charge in [0.2, 0.25) is 5.91 Å². The molecule has 5 nitrogen and oxygen atoms in total. The maximum absolute atomic E-state index is 12.0. The lowest BCUT2D eigenvalue weighted by atomic mass is 10.0. The largest absolute Gasteiger partial charge is 0.323 e. The minimum Gasteiger partial charge on any atom is -0.323 e. The lowest BCUT2D eigenvalue weighted by molar-refractivity contribution is -0.111. The Morgan fingerprint density at radius 1 is 1.17 bits per heavy atom. The Morgan fingerprint density at radius 3 is 2.74 bits per heavy atom. The summed E-state index contributed by atoms with van der Waals surface area (Å²) in [5.74, 6) is -0.183. The maximum Gasteiger partial charge on any atom is 0.248 e. The van der Waals surface area contributed by atoms with Gasteiger partial charge >= 0.3 is 0 Å². The lowest BCUT2D eigenvalue weighted by Crippen LogP contribution is -2.07. The molecule has 3 rings (SSSR count). The fourth-order valence-corrected chi connectivity index (χ4v) is 2.23. The zero-order valence-electron chi connectivity index (χ0n) is 12.7. The van der Waals surface area contributed by atoms with Crippen LogP contribution in [0.5, 0.6) is 0 Å². The number of nitrogens with one attached hydrogen (secondary N) is 1. The van der Waals surface area contributed by atoms with E-state index in [1.165, 1.54) is 6.08 Å². The number of hydrogen-bond acceptors (Lipinski definition) is 3. The molecule has 1 N–H and O–H groups in total. The van der Waals surface area contributed by atoms with Gasteiger partial charge in [-0.05, 0) is 29.8 Å². The average Bonchev–Trinajstić information content (AvgIpc) is 3.00. The minimum absolute atomic E-state index is 0.183. The molecule has 0 saturated carbocycles. The highest BCUT2D eigenvalue weighted by Crippen LogP contribution is 2.23. The first kappa shape index (κ1) is 14.7. The van der Waals surface area contributed by atoms with Crippen LogP contribution in [-0.2, 0) is 11.8 Å². The van der Waals surface area contributed by atoms with Crippen LogP contribution in [0.3, 0.4) is 0 Å². The number of carbonyl (C=O) groups excluding carboxylic acids is 1. The predicted molar refractivity (Wildman–Crippen MR) is 90.5 cm³/mol. The number of amides is 1. The molecule has 3 aromatic rings. The number of hydrogen-bond donors (Lipinski definition) is 1. The first-order valence-corrected chi connectivity index (χ1v) is 7.19. The summed E-state index contributed by atoms with van der Waals surface area (Å²) in [7, 11) is 1.87. The minimum atomic E-state index is -0.183. The van der Waals surface area contributed by atoms with Crippen molar-refractivity contribution < 1.29 is 4.79 Å². The Balaban J connectivity index is 1.79. The molecule has 0 radical (unpaired) electrons. The van der Waals surface area contributed by atoms with Gasteiger partial charge in [-0.2, -0.15) is 5.10 Å². The van der Waals surface area contributed by atoms with Crippen molar-refractivity contribution in [1.82, 2.24) is 14.8 Å². The molecular weight excluding hydrogens is 288 g/mol. The van der Waals surface area contributed by atoms with Crippen molar-refractivity contribution in [2.45, 2.75) is 0 Å².